The fourth-order valence-corrected chi connectivity index (χ4v) is 4.37. The molecule has 0 fully saturated rings. The molecular weight excluding hydrogens is 268 g/mol. The van der Waals surface area contributed by atoms with Crippen LogP contribution in [0, 0.1) is 5.41 Å². The van der Waals surface area contributed by atoms with Crippen molar-refractivity contribution >= 4 is 41.0 Å². The highest BCUT2D eigenvalue weighted by Crippen LogP contribution is 2.41. The molecular formula is C13H36Si4. The molecule has 0 unspecified atom stereocenters. The summed E-state index contributed by atoms with van der Waals surface area (Å²) in [6.07, 6.45) is 12.4. The van der Waals surface area contributed by atoms with Crippen LogP contribution in [0.15, 0.2) is 0 Å². The van der Waals surface area contributed by atoms with Gasteiger partial charge in [-0.3, -0.25) is 0 Å². The summed E-state index contributed by atoms with van der Waals surface area (Å²) in [5.41, 5.74) is 0.795. The Kier molecular flexibility index (Phi) is 12.5. The van der Waals surface area contributed by atoms with Crippen LogP contribution in [-0.2, 0) is 0 Å². The molecule has 0 saturated carbocycles. The van der Waals surface area contributed by atoms with Crippen LogP contribution >= 0.6 is 0 Å². The first-order valence-electron chi connectivity index (χ1n) is 8.24. The first-order chi connectivity index (χ1) is 8.24. The van der Waals surface area contributed by atoms with Crippen molar-refractivity contribution in [1.82, 2.24) is 0 Å². The molecule has 0 heterocycles. The van der Waals surface area contributed by atoms with E-state index in [0.717, 1.165) is 5.41 Å². The third kappa shape index (κ3) is 8.56. The van der Waals surface area contributed by atoms with Crippen LogP contribution in [-0.4, -0.2) is 41.0 Å². The summed E-state index contributed by atoms with van der Waals surface area (Å²) in [6, 6.07) is 6.13. The third-order valence-corrected chi connectivity index (χ3v) is 7.07. The van der Waals surface area contributed by atoms with Crippen molar-refractivity contribution in [2.24, 2.45) is 5.41 Å². The minimum absolute atomic E-state index is 0.795. The van der Waals surface area contributed by atoms with Crippen molar-refractivity contribution in [3.8, 4) is 0 Å². The monoisotopic (exact) mass is 304 g/mol. The van der Waals surface area contributed by atoms with Crippen LogP contribution in [0.3, 0.4) is 0 Å². The standard InChI is InChI=1S/C13H36Si4/c14-9-1-5-13(6-2-10-15,7-3-11-16)8-4-12-17/h1-12H2,14-17H3. The highest BCUT2D eigenvalue weighted by atomic mass is 28.2. The maximum atomic E-state index is 1.57. The second-order valence-corrected chi connectivity index (χ2v) is 9.91. The van der Waals surface area contributed by atoms with Gasteiger partial charge in [-0.25, -0.2) is 0 Å². The number of hydrogen-bond acceptors (Lipinski definition) is 0. The van der Waals surface area contributed by atoms with Crippen LogP contribution in [0.2, 0.25) is 24.2 Å². The second kappa shape index (κ2) is 11.9. The van der Waals surface area contributed by atoms with Gasteiger partial charge in [0, 0.05) is 41.0 Å². The summed E-state index contributed by atoms with van der Waals surface area (Å²) < 4.78 is 0. The molecule has 0 aliphatic rings. The largest absolute Gasteiger partial charge is 0.0658 e. The molecule has 0 radical (unpaired) electrons. The van der Waals surface area contributed by atoms with E-state index in [0.29, 0.717) is 0 Å². The van der Waals surface area contributed by atoms with Crippen molar-refractivity contribution in [3.05, 3.63) is 0 Å². The molecule has 0 aliphatic heterocycles. The summed E-state index contributed by atoms with van der Waals surface area (Å²) >= 11 is 0. The minimum Gasteiger partial charge on any atom is -0.0658 e. The van der Waals surface area contributed by atoms with E-state index in [4.69, 9.17) is 0 Å². The summed E-state index contributed by atoms with van der Waals surface area (Å²) in [5.74, 6) is 0. The smallest absolute Gasteiger partial charge is 0.00279 e. The van der Waals surface area contributed by atoms with E-state index in [1.807, 2.05) is 0 Å². The Bertz CT molecular complexity index is 124. The third-order valence-electron chi connectivity index (χ3n) is 4.24. The Morgan fingerprint density at radius 1 is 0.471 bits per heavy atom. The molecule has 0 saturated heterocycles. The van der Waals surface area contributed by atoms with Gasteiger partial charge in [0.1, 0.15) is 0 Å². The van der Waals surface area contributed by atoms with Crippen LogP contribution in [0.25, 0.3) is 0 Å². The average molecular weight is 305 g/mol. The van der Waals surface area contributed by atoms with E-state index in [1.165, 1.54) is 90.8 Å². The molecule has 4 heteroatoms. The number of rotatable bonds is 12. The maximum absolute atomic E-state index is 1.57. The van der Waals surface area contributed by atoms with Crippen molar-refractivity contribution in [2.75, 3.05) is 0 Å². The highest BCUT2D eigenvalue weighted by molar-refractivity contribution is 6.09. The van der Waals surface area contributed by atoms with Gasteiger partial charge < -0.3 is 0 Å². The highest BCUT2D eigenvalue weighted by Gasteiger charge is 2.27. The van der Waals surface area contributed by atoms with Gasteiger partial charge in [0.05, 0.1) is 0 Å². The van der Waals surface area contributed by atoms with Crippen LogP contribution in [0.4, 0.5) is 0 Å². The zero-order valence-electron chi connectivity index (χ0n) is 13.0. The van der Waals surface area contributed by atoms with E-state index in [9.17, 15) is 0 Å². The molecule has 0 aromatic heterocycles. The molecule has 0 atom stereocenters. The molecule has 0 N–H and O–H groups in total. The summed E-state index contributed by atoms with van der Waals surface area (Å²) in [7, 11) is 5.67. The van der Waals surface area contributed by atoms with Crippen LogP contribution in [0.5, 0.6) is 0 Å². The second-order valence-electron chi connectivity index (χ2n) is 5.91. The Balaban J connectivity index is 4.39. The molecule has 0 rings (SSSR count). The van der Waals surface area contributed by atoms with Crippen molar-refractivity contribution in [1.29, 1.82) is 0 Å². The molecule has 17 heavy (non-hydrogen) atoms. The van der Waals surface area contributed by atoms with Gasteiger partial charge >= 0.3 is 0 Å². The van der Waals surface area contributed by atoms with Crippen molar-refractivity contribution < 1.29 is 0 Å². The molecule has 104 valence electrons. The predicted molar refractivity (Wildman–Crippen MR) is 98.4 cm³/mol. The molecule has 0 aromatic carbocycles. The molecule has 0 bridgehead atoms. The molecule has 0 aromatic rings. The molecule has 0 aliphatic carbocycles. The van der Waals surface area contributed by atoms with E-state index in [1.54, 1.807) is 25.7 Å². The number of hydrogen-bond donors (Lipinski definition) is 0. The predicted octanol–water partition coefficient (Wildman–Crippen LogP) is 0.228. The quantitative estimate of drug-likeness (QED) is 0.453. The maximum Gasteiger partial charge on any atom is 0.00279 e. The summed E-state index contributed by atoms with van der Waals surface area (Å²) in [6.45, 7) is 0. The van der Waals surface area contributed by atoms with Crippen molar-refractivity contribution in [3.63, 3.8) is 0 Å². The van der Waals surface area contributed by atoms with Gasteiger partial charge in [0.15, 0.2) is 0 Å². The van der Waals surface area contributed by atoms with E-state index in [-0.39, 0.29) is 0 Å². The lowest BCUT2D eigenvalue weighted by atomic mass is 9.72. The van der Waals surface area contributed by atoms with Crippen LogP contribution in [0.1, 0.15) is 51.4 Å². The van der Waals surface area contributed by atoms with E-state index in [2.05, 4.69) is 0 Å². The Morgan fingerprint density at radius 3 is 0.882 bits per heavy atom. The fourth-order valence-electron chi connectivity index (χ4n) is 2.96. The van der Waals surface area contributed by atoms with E-state index >= 15 is 0 Å². The summed E-state index contributed by atoms with van der Waals surface area (Å²) in [4.78, 5) is 0. The lowest BCUT2D eigenvalue weighted by Crippen LogP contribution is -2.21. The minimum atomic E-state index is 0.795. The fraction of sp³-hybridized carbons (Fsp3) is 1.00. The lowest BCUT2D eigenvalue weighted by Gasteiger charge is -2.34. The van der Waals surface area contributed by atoms with Gasteiger partial charge in [-0.15, -0.1) is 0 Å². The Morgan fingerprint density at radius 2 is 0.706 bits per heavy atom. The zero-order chi connectivity index (χ0) is 13.0. The zero-order valence-corrected chi connectivity index (χ0v) is 21.0. The lowest BCUT2D eigenvalue weighted by molar-refractivity contribution is 0.191. The SMILES string of the molecule is [SiH3]CCCC(CCC[SiH3])(CCC[SiH3])CCC[SiH3]. The van der Waals surface area contributed by atoms with Crippen LogP contribution < -0.4 is 0 Å². The van der Waals surface area contributed by atoms with Gasteiger partial charge in [0.25, 0.3) is 0 Å². The molecule has 0 nitrogen and oxygen atoms in total. The molecule has 0 spiro atoms. The Labute approximate surface area is 122 Å². The van der Waals surface area contributed by atoms with Crippen molar-refractivity contribution in [2.45, 2.75) is 75.5 Å². The van der Waals surface area contributed by atoms with E-state index < -0.39 is 0 Å². The van der Waals surface area contributed by atoms with Gasteiger partial charge in [0.2, 0.25) is 0 Å². The Hall–Kier alpha value is 0.868. The topological polar surface area (TPSA) is 0 Å². The average Bonchev–Trinajstić information content (AvgIpc) is 2.37. The normalized spacial score (nSPS) is 15.5. The van der Waals surface area contributed by atoms with Gasteiger partial charge in [-0.1, -0.05) is 49.9 Å². The first-order valence-corrected chi connectivity index (χ1v) is 13.9. The summed E-state index contributed by atoms with van der Waals surface area (Å²) in [5, 5.41) is 0. The van der Waals surface area contributed by atoms with Gasteiger partial charge in [-0.05, 0) is 31.1 Å². The first kappa shape index (κ1) is 17.9. The molecule has 0 amide bonds. The van der Waals surface area contributed by atoms with Gasteiger partial charge in [-0.2, -0.15) is 0 Å².